The second kappa shape index (κ2) is 25.9. The normalized spacial score (nSPS) is 17.9. The van der Waals surface area contributed by atoms with Crippen molar-refractivity contribution < 1.29 is 33.4 Å². The van der Waals surface area contributed by atoms with Gasteiger partial charge >= 0.3 is 12.1 Å². The summed E-state index contributed by atoms with van der Waals surface area (Å²) in [5.74, 6) is -0.324. The number of hydrogen-bond donors (Lipinski definition) is 4. The van der Waals surface area contributed by atoms with Crippen molar-refractivity contribution in [1.29, 1.82) is 0 Å². The van der Waals surface area contributed by atoms with E-state index in [9.17, 15) is 28.8 Å². The minimum absolute atomic E-state index is 0.194. The van der Waals surface area contributed by atoms with Gasteiger partial charge in [0.25, 0.3) is 11.5 Å². The first kappa shape index (κ1) is 48.1. The SMILES string of the molecule is C1CCCC1.C=CCC(NC(=O)C1CCCN1C(=O)CNC(=O)OCC)C(=O)NSC1CC1.CC(C)C(=O)Oc1c(C/C=C/CCC2CCCC2)c(=O)[nH]c2ccccc12. The summed E-state index contributed by atoms with van der Waals surface area (Å²) >= 11 is 1.38. The highest BCUT2D eigenvalue weighted by Gasteiger charge is 2.36. The molecular formula is C46H67N5O8S. The van der Waals surface area contributed by atoms with Crippen LogP contribution < -0.4 is 25.7 Å². The van der Waals surface area contributed by atoms with E-state index < -0.39 is 18.2 Å². The third-order valence-electron chi connectivity index (χ3n) is 11.0. The molecule has 4 N–H and O–H groups in total. The molecule has 60 heavy (non-hydrogen) atoms. The van der Waals surface area contributed by atoms with E-state index in [0.717, 1.165) is 30.6 Å². The molecule has 2 heterocycles. The van der Waals surface area contributed by atoms with Crippen LogP contribution in [0.5, 0.6) is 5.75 Å². The molecule has 6 rings (SSSR count). The molecule has 14 heteroatoms. The Kier molecular flexibility index (Phi) is 20.8. The van der Waals surface area contributed by atoms with Gasteiger partial charge in [-0.3, -0.25) is 28.7 Å². The van der Waals surface area contributed by atoms with Gasteiger partial charge in [-0.15, -0.1) is 6.58 Å². The lowest BCUT2D eigenvalue weighted by atomic mass is 10.0. The number of rotatable bonds is 17. The molecule has 4 amide bonds. The van der Waals surface area contributed by atoms with Crippen molar-refractivity contribution in [2.45, 2.75) is 147 Å². The smallest absolute Gasteiger partial charge is 0.407 e. The number of ether oxygens (including phenoxy) is 2. The van der Waals surface area contributed by atoms with Crippen LogP contribution in [-0.4, -0.2) is 76.7 Å². The number of likely N-dealkylation sites (tertiary alicyclic amines) is 1. The van der Waals surface area contributed by atoms with Gasteiger partial charge in [0.1, 0.15) is 24.4 Å². The van der Waals surface area contributed by atoms with Gasteiger partial charge in [-0.25, -0.2) is 4.79 Å². The molecule has 1 aliphatic heterocycles. The molecule has 1 aromatic carbocycles. The van der Waals surface area contributed by atoms with Crippen LogP contribution in [0, 0.1) is 11.8 Å². The highest BCUT2D eigenvalue weighted by molar-refractivity contribution is 7.98. The molecule has 2 unspecified atom stereocenters. The van der Waals surface area contributed by atoms with Crippen molar-refractivity contribution in [3.63, 3.8) is 0 Å². The van der Waals surface area contributed by atoms with E-state index >= 15 is 0 Å². The number of amides is 4. The summed E-state index contributed by atoms with van der Waals surface area (Å²) in [7, 11) is 0. The molecule has 0 spiro atoms. The standard InChI is InChI=1S/C23H29NO3.C18H28N4O5S.C5H10/c1-16(2)23(26)27-21-18-13-8-9-15-20(18)24-22(25)19(21)14-5-3-4-10-17-11-6-7-12-17;1-3-6-13(16(24)21-28-12-8-9-12)20-17(25)14-7-5-10-22(14)15(23)11-19-18(26)27-4-2;1-2-4-5-3-1/h3,5,8-9,13,15-17H,4,6-7,10-12,14H2,1-2H3,(H,24,25);3,12-14H,1,4-11H2,2H3,(H,19,26)(H,20,25)(H,21,24);1-5H2/b5-3+;;. The lowest BCUT2D eigenvalue weighted by molar-refractivity contribution is -0.138. The predicted molar refractivity (Wildman–Crippen MR) is 237 cm³/mol. The summed E-state index contributed by atoms with van der Waals surface area (Å²) in [6, 6.07) is 6.05. The maximum absolute atomic E-state index is 12.7. The van der Waals surface area contributed by atoms with E-state index in [-0.39, 0.29) is 48.3 Å². The van der Waals surface area contributed by atoms with Gasteiger partial charge in [-0.1, -0.05) is 102 Å². The predicted octanol–water partition coefficient (Wildman–Crippen LogP) is 7.82. The first-order chi connectivity index (χ1) is 29.0. The van der Waals surface area contributed by atoms with Crippen molar-refractivity contribution in [3.8, 4) is 5.75 Å². The monoisotopic (exact) mass is 849 g/mol. The maximum Gasteiger partial charge on any atom is 0.407 e. The lowest BCUT2D eigenvalue weighted by Crippen LogP contribution is -2.53. The summed E-state index contributed by atoms with van der Waals surface area (Å²) < 4.78 is 13.1. The van der Waals surface area contributed by atoms with E-state index in [1.807, 2.05) is 30.3 Å². The third-order valence-corrected chi connectivity index (χ3v) is 12.1. The zero-order valence-corrected chi connectivity index (χ0v) is 36.7. The number of hydrogen-bond acceptors (Lipinski definition) is 9. The number of fused-ring (bicyclic) bond motifs is 1. The molecule has 1 saturated heterocycles. The van der Waals surface area contributed by atoms with E-state index in [1.165, 1.54) is 81.1 Å². The number of pyridine rings is 1. The van der Waals surface area contributed by atoms with Crippen molar-refractivity contribution in [3.05, 3.63) is 65.0 Å². The number of benzene rings is 1. The fourth-order valence-corrected chi connectivity index (χ4v) is 8.24. The van der Waals surface area contributed by atoms with Crippen molar-refractivity contribution in [2.24, 2.45) is 11.8 Å². The summed E-state index contributed by atoms with van der Waals surface area (Å²) in [5.41, 5.74) is 1.00. The minimum atomic E-state index is -0.730. The number of aromatic amines is 1. The van der Waals surface area contributed by atoms with Crippen LogP contribution in [0.3, 0.4) is 0 Å². The Balaban J connectivity index is 0.000000236. The number of H-pyrrole nitrogens is 1. The first-order valence-corrected chi connectivity index (χ1v) is 23.0. The highest BCUT2D eigenvalue weighted by Crippen LogP contribution is 2.32. The van der Waals surface area contributed by atoms with Gasteiger partial charge in [0.15, 0.2) is 0 Å². The number of nitrogens with zero attached hydrogens (tertiary/aromatic N) is 1. The van der Waals surface area contributed by atoms with E-state index in [2.05, 4.69) is 33.0 Å². The number of nitrogens with one attached hydrogen (secondary N) is 4. The minimum Gasteiger partial charge on any atom is -0.450 e. The fourth-order valence-electron chi connectivity index (χ4n) is 7.44. The summed E-state index contributed by atoms with van der Waals surface area (Å²) in [5, 5.41) is 6.32. The zero-order valence-electron chi connectivity index (χ0n) is 35.9. The van der Waals surface area contributed by atoms with Crippen LogP contribution in [0.2, 0.25) is 0 Å². The number of para-hydroxylation sites is 1. The van der Waals surface area contributed by atoms with Crippen LogP contribution in [0.4, 0.5) is 4.79 Å². The van der Waals surface area contributed by atoms with E-state index in [1.54, 1.807) is 26.8 Å². The molecule has 2 atom stereocenters. The van der Waals surface area contributed by atoms with Crippen LogP contribution in [-0.2, 0) is 30.3 Å². The van der Waals surface area contributed by atoms with Gasteiger partial charge in [0, 0.05) is 17.2 Å². The Morgan fingerprint density at radius 2 is 1.65 bits per heavy atom. The molecule has 4 aliphatic rings. The maximum atomic E-state index is 12.7. The lowest BCUT2D eigenvalue weighted by Gasteiger charge is -2.26. The topological polar surface area (TPSA) is 176 Å². The molecule has 0 radical (unpaired) electrons. The second-order valence-corrected chi connectivity index (χ2v) is 17.3. The molecular weight excluding hydrogens is 783 g/mol. The van der Waals surface area contributed by atoms with Crippen LogP contribution in [0.25, 0.3) is 10.9 Å². The second-order valence-electron chi connectivity index (χ2n) is 16.2. The van der Waals surface area contributed by atoms with E-state index in [0.29, 0.717) is 54.3 Å². The molecule has 4 fully saturated rings. The number of allylic oxidation sites excluding steroid dienone is 2. The molecule has 0 bridgehead atoms. The van der Waals surface area contributed by atoms with Crippen molar-refractivity contribution in [2.75, 3.05) is 19.7 Å². The molecule has 3 saturated carbocycles. The molecule has 2 aromatic rings. The molecule has 1 aromatic heterocycles. The molecule has 13 nitrogen and oxygen atoms in total. The number of alkyl carbamates (subject to hydrolysis) is 1. The Hall–Kier alpha value is -4.59. The molecule has 330 valence electrons. The van der Waals surface area contributed by atoms with Gasteiger partial charge in [0.2, 0.25) is 11.8 Å². The Labute approximate surface area is 359 Å². The Bertz CT molecular complexity index is 1810. The van der Waals surface area contributed by atoms with Crippen molar-refractivity contribution >= 4 is 52.6 Å². The number of aromatic nitrogens is 1. The molecule has 3 aliphatic carbocycles. The Morgan fingerprint density at radius 1 is 0.950 bits per heavy atom. The first-order valence-electron chi connectivity index (χ1n) is 22.1. The average Bonchev–Trinajstić information content (AvgIpc) is 3.66. The highest BCUT2D eigenvalue weighted by atomic mass is 32.2. The van der Waals surface area contributed by atoms with Crippen LogP contribution >= 0.6 is 11.9 Å². The van der Waals surface area contributed by atoms with E-state index in [4.69, 9.17) is 9.47 Å². The summed E-state index contributed by atoms with van der Waals surface area (Å²) in [4.78, 5) is 77.9. The van der Waals surface area contributed by atoms with Gasteiger partial charge in [0.05, 0.1) is 23.6 Å². The Morgan fingerprint density at radius 3 is 2.30 bits per heavy atom. The number of carbonyl (C=O) groups is 5. The number of esters is 1. The number of carbonyl (C=O) groups excluding carboxylic acids is 5. The average molecular weight is 850 g/mol. The van der Waals surface area contributed by atoms with Crippen LogP contribution in [0.15, 0.2) is 53.9 Å². The van der Waals surface area contributed by atoms with Gasteiger partial charge in [-0.05, 0) is 88.3 Å². The largest absolute Gasteiger partial charge is 0.450 e. The zero-order chi connectivity index (χ0) is 43.3. The summed E-state index contributed by atoms with van der Waals surface area (Å²) in [6.07, 6.45) is 24.4. The quantitative estimate of drug-likeness (QED) is 0.0703. The van der Waals surface area contributed by atoms with Gasteiger partial charge in [-0.2, -0.15) is 0 Å². The van der Waals surface area contributed by atoms with Crippen LogP contribution in [0.1, 0.15) is 129 Å². The summed E-state index contributed by atoms with van der Waals surface area (Å²) in [6.45, 7) is 9.29. The third kappa shape index (κ3) is 16.1. The van der Waals surface area contributed by atoms with Gasteiger partial charge < -0.3 is 30.0 Å². The van der Waals surface area contributed by atoms with Crippen molar-refractivity contribution in [1.82, 2.24) is 25.2 Å². The fraction of sp³-hybridized carbons (Fsp3) is 0.609.